The third kappa shape index (κ3) is 4.62. The molecule has 1 aromatic heterocycles. The molecule has 3 rings (SSSR count). The largest absolute Gasteiger partial charge is 1.00 e. The van der Waals surface area contributed by atoms with E-state index in [1.807, 2.05) is 18.2 Å². The molecule has 120 valence electrons. The van der Waals surface area contributed by atoms with E-state index in [1.54, 1.807) is 32.8 Å². The molecule has 3 aromatic rings. The van der Waals surface area contributed by atoms with E-state index in [2.05, 4.69) is 12.1 Å². The third-order valence-corrected chi connectivity index (χ3v) is 7.42. The zero-order valence-electron chi connectivity index (χ0n) is 13.8. The van der Waals surface area contributed by atoms with Gasteiger partial charge in [-0.2, -0.15) is 8.42 Å². The molecular formula is C16H13NaO3S4. The summed E-state index contributed by atoms with van der Waals surface area (Å²) in [6, 6.07) is 16.3. The van der Waals surface area contributed by atoms with Crippen molar-refractivity contribution in [2.45, 2.75) is 11.3 Å². The Morgan fingerprint density at radius 1 is 1.00 bits per heavy atom. The van der Waals surface area contributed by atoms with Crippen molar-refractivity contribution in [3.05, 3.63) is 69.5 Å². The van der Waals surface area contributed by atoms with Crippen LogP contribution in [0.25, 0.3) is 10.4 Å². The van der Waals surface area contributed by atoms with E-state index in [0.29, 0.717) is 6.42 Å². The molecule has 0 amide bonds. The molecule has 0 fully saturated rings. The number of benzene rings is 2. The first-order chi connectivity index (χ1) is 10.9. The molecule has 1 heterocycles. The van der Waals surface area contributed by atoms with Crippen LogP contribution < -0.4 is 29.6 Å². The number of rotatable bonds is 4. The van der Waals surface area contributed by atoms with Gasteiger partial charge in [0.2, 0.25) is 0 Å². The Balaban J connectivity index is 0.00000156. The smallest absolute Gasteiger partial charge is 1.00 e. The monoisotopic (exact) mass is 404 g/mol. The van der Waals surface area contributed by atoms with Crippen LogP contribution in [0.1, 0.15) is 12.6 Å². The minimum Gasteiger partial charge on any atom is -1.00 e. The maximum absolute atomic E-state index is 11.1. The maximum Gasteiger partial charge on any atom is 1.00 e. The van der Waals surface area contributed by atoms with Crippen molar-refractivity contribution in [3.8, 4) is 10.4 Å². The molecule has 0 bridgehead atoms. The van der Waals surface area contributed by atoms with Gasteiger partial charge in [-0.1, -0.05) is 75.4 Å². The first kappa shape index (κ1) is 19.9. The van der Waals surface area contributed by atoms with Crippen molar-refractivity contribution in [1.82, 2.24) is 0 Å². The van der Waals surface area contributed by atoms with Gasteiger partial charge >= 0.3 is 29.6 Å². The van der Waals surface area contributed by atoms with Gasteiger partial charge in [0.05, 0.1) is 9.77 Å². The summed E-state index contributed by atoms with van der Waals surface area (Å²) in [6.07, 6.45) is 0.634. The molecule has 0 radical (unpaired) electrons. The zero-order chi connectivity index (χ0) is 16.4. The van der Waals surface area contributed by atoms with Crippen LogP contribution in [-0.2, 0) is 16.5 Å². The fourth-order valence-corrected chi connectivity index (χ4v) is 5.62. The molecule has 0 aliphatic rings. The van der Waals surface area contributed by atoms with E-state index in [0.717, 1.165) is 25.4 Å². The molecule has 0 atom stereocenters. The fourth-order valence-electron chi connectivity index (χ4n) is 2.22. The van der Waals surface area contributed by atoms with Crippen LogP contribution in [0, 0.1) is 3.82 Å². The molecule has 0 aliphatic heterocycles. The topological polar surface area (TPSA) is 54.4 Å². The first-order valence-electron chi connectivity index (χ1n) is 6.69. The van der Waals surface area contributed by atoms with Gasteiger partial charge in [-0.05, 0) is 23.3 Å². The summed E-state index contributed by atoms with van der Waals surface area (Å²) in [5.74, 6) is 0. The molecular weight excluding hydrogens is 391 g/mol. The summed E-state index contributed by atoms with van der Waals surface area (Å²) in [6.45, 7) is 0. The summed E-state index contributed by atoms with van der Waals surface area (Å²) in [5, 5.41) is 0. The van der Waals surface area contributed by atoms with Gasteiger partial charge in [0.1, 0.15) is 3.82 Å². The molecule has 24 heavy (non-hydrogen) atoms. The van der Waals surface area contributed by atoms with Crippen LogP contribution in [0.2, 0.25) is 0 Å². The van der Waals surface area contributed by atoms with Gasteiger partial charge in [-0.3, -0.25) is 4.55 Å². The zero-order valence-corrected chi connectivity index (χ0v) is 18.1. The van der Waals surface area contributed by atoms with Crippen LogP contribution in [0.3, 0.4) is 0 Å². The fraction of sp³-hybridized carbons (Fsp3) is 0.0625. The van der Waals surface area contributed by atoms with Crippen molar-refractivity contribution >= 4 is 43.0 Å². The molecule has 0 saturated heterocycles. The standard InChI is InChI=1S/C16H12O3S4.Na.H/c17-23(18,19)13-8-6-11(7-9-13)10-14-15(21-22-16(14)20)12-4-2-1-3-5-12;;/h1-9H,10H2,(H,17,18,19);;/q;+1;-1. The van der Waals surface area contributed by atoms with E-state index >= 15 is 0 Å². The molecule has 0 spiro atoms. The predicted molar refractivity (Wildman–Crippen MR) is 98.6 cm³/mol. The van der Waals surface area contributed by atoms with E-state index in [9.17, 15) is 8.42 Å². The quantitative estimate of drug-likeness (QED) is 0.313. The summed E-state index contributed by atoms with van der Waals surface area (Å²) >= 11 is 5.45. The Morgan fingerprint density at radius 3 is 2.21 bits per heavy atom. The van der Waals surface area contributed by atoms with Crippen LogP contribution in [-0.4, -0.2) is 13.0 Å². The van der Waals surface area contributed by atoms with Crippen LogP contribution in [0.4, 0.5) is 0 Å². The van der Waals surface area contributed by atoms with Gasteiger partial charge < -0.3 is 1.43 Å². The Hall–Kier alpha value is -0.380. The summed E-state index contributed by atoms with van der Waals surface area (Å²) in [4.78, 5) is 1.05. The van der Waals surface area contributed by atoms with Gasteiger partial charge in [-0.15, -0.1) is 0 Å². The average molecular weight is 405 g/mol. The Kier molecular flexibility index (Phi) is 6.92. The molecule has 1 N–H and O–H groups in total. The van der Waals surface area contributed by atoms with Gasteiger partial charge in [-0.25, -0.2) is 0 Å². The minimum absolute atomic E-state index is 0. The summed E-state index contributed by atoms with van der Waals surface area (Å²) < 4.78 is 32.1. The molecule has 0 aliphatic carbocycles. The third-order valence-electron chi connectivity index (χ3n) is 3.36. The van der Waals surface area contributed by atoms with Crippen LogP contribution >= 0.6 is 32.9 Å². The predicted octanol–water partition coefficient (Wildman–Crippen LogP) is 2.16. The van der Waals surface area contributed by atoms with Crippen molar-refractivity contribution in [2.75, 3.05) is 0 Å². The van der Waals surface area contributed by atoms with Gasteiger partial charge in [0.15, 0.2) is 0 Å². The Labute approximate surface area is 176 Å². The van der Waals surface area contributed by atoms with Gasteiger partial charge in [0.25, 0.3) is 10.1 Å². The summed E-state index contributed by atoms with van der Waals surface area (Å²) in [7, 11) is -0.927. The van der Waals surface area contributed by atoms with E-state index in [-0.39, 0.29) is 35.9 Å². The Morgan fingerprint density at radius 2 is 1.62 bits per heavy atom. The number of hydrogen-bond donors (Lipinski definition) is 1. The molecule has 2 aromatic carbocycles. The van der Waals surface area contributed by atoms with Crippen LogP contribution in [0.5, 0.6) is 0 Å². The van der Waals surface area contributed by atoms with Crippen molar-refractivity contribution in [2.24, 2.45) is 0 Å². The van der Waals surface area contributed by atoms with Crippen molar-refractivity contribution in [3.63, 3.8) is 0 Å². The van der Waals surface area contributed by atoms with E-state index in [4.69, 9.17) is 16.8 Å². The average Bonchev–Trinajstić information content (AvgIpc) is 2.89. The maximum atomic E-state index is 11.1. The van der Waals surface area contributed by atoms with Crippen LogP contribution in [0.15, 0.2) is 59.5 Å². The normalized spacial score (nSPS) is 11.0. The Bertz CT molecular complexity index is 980. The first-order valence-corrected chi connectivity index (χ1v) is 10.7. The molecule has 0 unspecified atom stereocenters. The van der Waals surface area contributed by atoms with Gasteiger partial charge in [0, 0.05) is 12.0 Å². The minimum atomic E-state index is -4.16. The number of hydrogen-bond acceptors (Lipinski definition) is 5. The molecule has 8 heteroatoms. The second-order valence-corrected chi connectivity index (χ2v) is 9.16. The molecule has 3 nitrogen and oxygen atoms in total. The SMILES string of the molecule is O=S(=O)(O)c1ccc(Cc2c(-c3ccccc3)ssc2=S)cc1.[H-].[Na+]. The second kappa shape index (κ2) is 8.33. The van der Waals surface area contributed by atoms with E-state index in [1.165, 1.54) is 12.1 Å². The van der Waals surface area contributed by atoms with E-state index < -0.39 is 10.1 Å². The summed E-state index contributed by atoms with van der Waals surface area (Å²) in [5.41, 5.74) is 3.17. The molecule has 0 saturated carbocycles. The van der Waals surface area contributed by atoms with Crippen molar-refractivity contribution < 1.29 is 44.0 Å². The van der Waals surface area contributed by atoms with Crippen molar-refractivity contribution in [1.29, 1.82) is 0 Å². The second-order valence-electron chi connectivity index (χ2n) is 4.92.